The van der Waals surface area contributed by atoms with Crippen molar-refractivity contribution in [3.63, 3.8) is 0 Å². The quantitative estimate of drug-likeness (QED) is 0.508. The second-order valence-corrected chi connectivity index (χ2v) is 3.25. The molecule has 1 aliphatic rings. The Morgan fingerprint density at radius 3 is 2.60 bits per heavy atom. The second kappa shape index (κ2) is 4.16. The summed E-state index contributed by atoms with van der Waals surface area (Å²) in [5.41, 5.74) is 1.80. The van der Waals surface area contributed by atoms with Crippen LogP contribution in [0.1, 0.15) is 17.2 Å². The van der Waals surface area contributed by atoms with Gasteiger partial charge >= 0.3 is 5.97 Å². The van der Waals surface area contributed by atoms with Crippen molar-refractivity contribution >= 4 is 5.97 Å². The van der Waals surface area contributed by atoms with Crippen LogP contribution in [0.25, 0.3) is 0 Å². The number of esters is 1. The Hall–Kier alpha value is -1.79. The average Bonchev–Trinajstić information content (AvgIpc) is 2.30. The van der Waals surface area contributed by atoms with E-state index in [1.165, 1.54) is 0 Å². The highest BCUT2D eigenvalue weighted by Crippen LogP contribution is 2.21. The molecule has 0 aliphatic carbocycles. The Bertz CT molecular complexity index is 390. The smallest absolute Gasteiger partial charge is 0.332 e. The number of benzene rings is 1. The van der Waals surface area contributed by atoms with Crippen LogP contribution < -0.4 is 0 Å². The van der Waals surface area contributed by atoms with Crippen molar-refractivity contribution in [3.05, 3.63) is 35.4 Å². The van der Waals surface area contributed by atoms with Crippen LogP contribution in [0.5, 0.6) is 0 Å². The molecule has 0 spiro atoms. The minimum Gasteiger partial charge on any atom is -0.461 e. The summed E-state index contributed by atoms with van der Waals surface area (Å²) >= 11 is 0. The lowest BCUT2D eigenvalue weighted by atomic mass is 10.1. The van der Waals surface area contributed by atoms with Gasteiger partial charge in [-0.3, -0.25) is 0 Å². The zero-order valence-electron chi connectivity index (χ0n) is 8.10. The standard InChI is InChI=1S/C12H10O3/c1-2-9-3-5-10(6-4-9)11-7-15-12(13)8-14-11/h1,3-6,11H,7-8H2/t11-/m1/s1. The summed E-state index contributed by atoms with van der Waals surface area (Å²) in [4.78, 5) is 10.8. The van der Waals surface area contributed by atoms with Crippen LogP contribution in [0.3, 0.4) is 0 Å². The minimum absolute atomic E-state index is 0.0154. The lowest BCUT2D eigenvalue weighted by molar-refractivity contribution is -0.168. The number of carbonyl (C=O) groups excluding carboxylic acids is 1. The fourth-order valence-electron chi connectivity index (χ4n) is 1.41. The van der Waals surface area contributed by atoms with E-state index < -0.39 is 0 Å². The Kier molecular flexibility index (Phi) is 2.70. The van der Waals surface area contributed by atoms with E-state index in [0.717, 1.165) is 11.1 Å². The molecule has 0 N–H and O–H groups in total. The third-order valence-electron chi connectivity index (χ3n) is 2.25. The van der Waals surface area contributed by atoms with Gasteiger partial charge in [-0.1, -0.05) is 18.1 Å². The van der Waals surface area contributed by atoms with Gasteiger partial charge < -0.3 is 9.47 Å². The van der Waals surface area contributed by atoms with Crippen LogP contribution in [-0.4, -0.2) is 19.2 Å². The summed E-state index contributed by atoms with van der Waals surface area (Å²) in [5, 5.41) is 0. The summed E-state index contributed by atoms with van der Waals surface area (Å²) in [5.74, 6) is 2.22. The molecule has 1 aliphatic heterocycles. The van der Waals surface area contributed by atoms with Crippen LogP contribution >= 0.6 is 0 Å². The molecule has 0 bridgehead atoms. The maximum atomic E-state index is 10.8. The van der Waals surface area contributed by atoms with Crippen molar-refractivity contribution in [2.45, 2.75) is 6.10 Å². The van der Waals surface area contributed by atoms with E-state index in [-0.39, 0.29) is 25.3 Å². The molecule has 1 aromatic rings. The molecule has 1 saturated heterocycles. The maximum Gasteiger partial charge on any atom is 0.332 e. The van der Waals surface area contributed by atoms with Gasteiger partial charge in [0.05, 0.1) is 0 Å². The van der Waals surface area contributed by atoms with Gasteiger partial charge in [-0.25, -0.2) is 4.79 Å². The highest BCUT2D eigenvalue weighted by Gasteiger charge is 2.21. The van der Waals surface area contributed by atoms with E-state index in [9.17, 15) is 4.79 Å². The Morgan fingerprint density at radius 1 is 1.33 bits per heavy atom. The topological polar surface area (TPSA) is 35.5 Å². The lowest BCUT2D eigenvalue weighted by Crippen LogP contribution is -2.26. The predicted molar refractivity (Wildman–Crippen MR) is 54.0 cm³/mol. The third-order valence-corrected chi connectivity index (χ3v) is 2.25. The van der Waals surface area contributed by atoms with Gasteiger partial charge in [-0.15, -0.1) is 6.42 Å². The monoisotopic (exact) mass is 202 g/mol. The molecule has 3 nitrogen and oxygen atoms in total. The zero-order chi connectivity index (χ0) is 10.7. The molecule has 0 radical (unpaired) electrons. The van der Waals surface area contributed by atoms with Crippen molar-refractivity contribution in [1.82, 2.24) is 0 Å². The molecule has 0 unspecified atom stereocenters. The first-order chi connectivity index (χ1) is 7.29. The van der Waals surface area contributed by atoms with Gasteiger partial charge in [0.2, 0.25) is 0 Å². The maximum absolute atomic E-state index is 10.8. The molecule has 2 rings (SSSR count). The van der Waals surface area contributed by atoms with Gasteiger partial charge in [0.15, 0.2) is 0 Å². The number of cyclic esters (lactones) is 1. The normalized spacial score (nSPS) is 20.5. The minimum atomic E-state index is -0.313. The van der Waals surface area contributed by atoms with Crippen molar-refractivity contribution in [2.24, 2.45) is 0 Å². The summed E-state index contributed by atoms with van der Waals surface area (Å²) in [6.45, 7) is 0.287. The van der Waals surface area contributed by atoms with Crippen molar-refractivity contribution in [3.8, 4) is 12.3 Å². The largest absolute Gasteiger partial charge is 0.461 e. The zero-order valence-corrected chi connectivity index (χ0v) is 8.10. The number of ether oxygens (including phenoxy) is 2. The first kappa shape index (κ1) is 9.75. The van der Waals surface area contributed by atoms with Crippen molar-refractivity contribution < 1.29 is 14.3 Å². The van der Waals surface area contributed by atoms with Crippen LogP contribution in [0.2, 0.25) is 0 Å². The summed E-state index contributed by atoms with van der Waals surface area (Å²) in [7, 11) is 0. The molecule has 1 heterocycles. The van der Waals surface area contributed by atoms with Gasteiger partial charge in [-0.05, 0) is 17.7 Å². The van der Waals surface area contributed by atoms with Crippen LogP contribution in [0.15, 0.2) is 24.3 Å². The fraction of sp³-hybridized carbons (Fsp3) is 0.250. The number of rotatable bonds is 1. The molecule has 1 fully saturated rings. The number of carbonyl (C=O) groups is 1. The highest BCUT2D eigenvalue weighted by atomic mass is 16.6. The van der Waals surface area contributed by atoms with Gasteiger partial charge in [0.1, 0.15) is 19.3 Å². The second-order valence-electron chi connectivity index (χ2n) is 3.25. The lowest BCUT2D eigenvalue weighted by Gasteiger charge is -2.22. The van der Waals surface area contributed by atoms with Crippen LogP contribution in [-0.2, 0) is 14.3 Å². The molecule has 0 amide bonds. The van der Waals surface area contributed by atoms with Crippen LogP contribution in [0.4, 0.5) is 0 Å². The Balaban J connectivity index is 2.10. The van der Waals surface area contributed by atoms with E-state index in [0.29, 0.717) is 0 Å². The number of hydrogen-bond donors (Lipinski definition) is 0. The van der Waals surface area contributed by atoms with E-state index >= 15 is 0 Å². The van der Waals surface area contributed by atoms with E-state index in [4.69, 9.17) is 15.9 Å². The molecule has 76 valence electrons. The average molecular weight is 202 g/mol. The highest BCUT2D eigenvalue weighted by molar-refractivity contribution is 5.71. The van der Waals surface area contributed by atoms with Crippen LogP contribution in [0, 0.1) is 12.3 Å². The van der Waals surface area contributed by atoms with Gasteiger partial charge in [0, 0.05) is 5.56 Å². The SMILES string of the molecule is C#Cc1ccc([C@H]2COC(=O)CO2)cc1. The summed E-state index contributed by atoms with van der Waals surface area (Å²) in [6, 6.07) is 7.46. The van der Waals surface area contributed by atoms with E-state index in [1.54, 1.807) is 0 Å². The van der Waals surface area contributed by atoms with Crippen molar-refractivity contribution in [1.29, 1.82) is 0 Å². The molecule has 1 aromatic carbocycles. The van der Waals surface area contributed by atoms with Gasteiger partial charge in [0.25, 0.3) is 0 Å². The fourth-order valence-corrected chi connectivity index (χ4v) is 1.41. The van der Waals surface area contributed by atoms with E-state index in [1.807, 2.05) is 24.3 Å². The first-order valence-corrected chi connectivity index (χ1v) is 4.63. The third kappa shape index (κ3) is 2.17. The predicted octanol–water partition coefficient (Wildman–Crippen LogP) is 1.28. The Morgan fingerprint density at radius 2 is 2.07 bits per heavy atom. The molecular weight excluding hydrogens is 192 g/mol. The molecule has 3 heteroatoms. The van der Waals surface area contributed by atoms with E-state index in [2.05, 4.69) is 5.92 Å². The molecule has 1 atom stereocenters. The molecular formula is C12H10O3. The van der Waals surface area contributed by atoms with Crippen molar-refractivity contribution in [2.75, 3.05) is 13.2 Å². The summed E-state index contributed by atoms with van der Waals surface area (Å²) < 4.78 is 10.2. The number of hydrogen-bond acceptors (Lipinski definition) is 3. The number of terminal acetylenes is 1. The summed E-state index contributed by atoms with van der Waals surface area (Å²) in [6.07, 6.45) is 5.07. The molecule has 0 aromatic heterocycles. The Labute approximate surface area is 88.0 Å². The molecule has 15 heavy (non-hydrogen) atoms. The first-order valence-electron chi connectivity index (χ1n) is 4.63. The van der Waals surface area contributed by atoms with Gasteiger partial charge in [-0.2, -0.15) is 0 Å². The molecule has 0 saturated carbocycles.